The second-order valence-corrected chi connectivity index (χ2v) is 5.76. The maximum Gasteiger partial charge on any atom is 0.379 e. The number of hydrogen-bond acceptors (Lipinski definition) is 4. The third-order valence-corrected chi connectivity index (χ3v) is 4.15. The lowest BCUT2D eigenvalue weighted by atomic mass is 10.1. The number of carboxylic acids is 1. The normalized spacial score (nSPS) is 10.9. The first-order chi connectivity index (χ1) is 12.7. The number of Topliss-reactive ketones (excluding diaryl/α,β-unsaturated/α-hetero) is 1. The minimum atomic E-state index is -1.55. The largest absolute Gasteiger partial charge is 0.486 e. The quantitative estimate of drug-likeness (QED) is 0.443. The zero-order valence-electron chi connectivity index (χ0n) is 13.6. The van der Waals surface area contributed by atoms with Crippen LogP contribution in [0.25, 0.3) is 16.3 Å². The van der Waals surface area contributed by atoms with E-state index in [1.807, 2.05) is 48.5 Å². The molecule has 128 valence electrons. The molecule has 0 amide bonds. The fraction of sp³-hybridized carbons (Fsp3) is 0.0500. The molecule has 0 bridgehead atoms. The summed E-state index contributed by atoms with van der Waals surface area (Å²) in [5.74, 6) is -2.40. The molecule has 0 fully saturated rings. The molecule has 0 atom stereocenters. The number of ketones is 1. The average molecular weight is 346 g/mol. The summed E-state index contributed by atoms with van der Waals surface area (Å²) in [5, 5.41) is 14.9. The fourth-order valence-electron chi connectivity index (χ4n) is 2.99. The number of fused-ring (bicyclic) bond motifs is 3. The first-order valence-electron chi connectivity index (χ1n) is 7.99. The van der Waals surface area contributed by atoms with E-state index >= 15 is 0 Å². The Morgan fingerprint density at radius 3 is 2.38 bits per heavy atom. The molecule has 26 heavy (non-hydrogen) atoms. The van der Waals surface area contributed by atoms with Crippen LogP contribution in [0.3, 0.4) is 0 Å². The molecule has 1 N–H and O–H groups in total. The summed E-state index contributed by atoms with van der Waals surface area (Å²) in [6.45, 7) is 0.206. The number of benzene rings is 2. The molecule has 2 aromatic carbocycles. The standard InChI is InChI=1S/C20H14N2O4/c23-18(20(24)25)17-19(26-12-13-6-2-1-3-7-13)15-9-5-4-8-14(15)16-10-11-21-22(16)17/h1-11H,12H2,(H,24,25). The van der Waals surface area contributed by atoms with Gasteiger partial charge in [0.05, 0.1) is 11.7 Å². The third kappa shape index (κ3) is 2.57. The Labute approximate surface area is 148 Å². The molecule has 0 saturated carbocycles. The number of pyridine rings is 1. The number of carboxylic acid groups (broad SMARTS) is 1. The van der Waals surface area contributed by atoms with Crippen LogP contribution in [0.2, 0.25) is 0 Å². The molecule has 0 aliphatic rings. The highest BCUT2D eigenvalue weighted by Crippen LogP contribution is 2.34. The zero-order valence-corrected chi connectivity index (χ0v) is 13.6. The van der Waals surface area contributed by atoms with Gasteiger partial charge in [-0.1, -0.05) is 54.6 Å². The van der Waals surface area contributed by atoms with E-state index in [9.17, 15) is 14.7 Å². The van der Waals surface area contributed by atoms with Gasteiger partial charge in [0.2, 0.25) is 0 Å². The van der Waals surface area contributed by atoms with Crippen LogP contribution < -0.4 is 4.74 Å². The van der Waals surface area contributed by atoms with E-state index in [1.165, 1.54) is 10.7 Å². The average Bonchev–Trinajstić information content (AvgIpc) is 3.15. The summed E-state index contributed by atoms with van der Waals surface area (Å²) in [7, 11) is 0. The summed E-state index contributed by atoms with van der Waals surface area (Å²) in [6, 6.07) is 18.6. The monoisotopic (exact) mass is 346 g/mol. The van der Waals surface area contributed by atoms with Crippen LogP contribution in [-0.4, -0.2) is 26.5 Å². The van der Waals surface area contributed by atoms with E-state index in [0.29, 0.717) is 10.9 Å². The number of rotatable bonds is 5. The van der Waals surface area contributed by atoms with Crippen LogP contribution in [-0.2, 0) is 11.4 Å². The highest BCUT2D eigenvalue weighted by molar-refractivity contribution is 6.40. The topological polar surface area (TPSA) is 80.9 Å². The second-order valence-electron chi connectivity index (χ2n) is 5.76. The van der Waals surface area contributed by atoms with Gasteiger partial charge in [0.25, 0.3) is 5.78 Å². The van der Waals surface area contributed by atoms with Gasteiger partial charge < -0.3 is 9.84 Å². The molecule has 4 aromatic rings. The van der Waals surface area contributed by atoms with Gasteiger partial charge in [-0.15, -0.1) is 0 Å². The van der Waals surface area contributed by atoms with E-state index in [1.54, 1.807) is 12.1 Å². The molecule has 6 nitrogen and oxygen atoms in total. The molecule has 6 heteroatoms. The summed E-state index contributed by atoms with van der Waals surface area (Å²) in [5.41, 5.74) is 1.47. The molecule has 2 aromatic heterocycles. The smallest absolute Gasteiger partial charge is 0.379 e. The van der Waals surface area contributed by atoms with Crippen molar-refractivity contribution in [3.8, 4) is 5.75 Å². The van der Waals surface area contributed by atoms with Crippen LogP contribution in [0.5, 0.6) is 5.75 Å². The van der Waals surface area contributed by atoms with E-state index in [2.05, 4.69) is 5.10 Å². The molecule has 0 aliphatic heterocycles. The predicted octanol–water partition coefficient (Wildman–Crippen LogP) is 3.33. The minimum absolute atomic E-state index is 0.0906. The zero-order chi connectivity index (χ0) is 18.1. The molecule has 0 saturated heterocycles. The number of aromatic nitrogens is 2. The molecule has 0 aliphatic carbocycles. The molecule has 0 unspecified atom stereocenters. The molecular weight excluding hydrogens is 332 g/mol. The Morgan fingerprint density at radius 2 is 1.65 bits per heavy atom. The lowest BCUT2D eigenvalue weighted by Crippen LogP contribution is -2.19. The van der Waals surface area contributed by atoms with Gasteiger partial charge in [-0.25, -0.2) is 9.31 Å². The van der Waals surface area contributed by atoms with Gasteiger partial charge >= 0.3 is 5.97 Å². The van der Waals surface area contributed by atoms with E-state index in [4.69, 9.17) is 4.74 Å². The van der Waals surface area contributed by atoms with Crippen molar-refractivity contribution in [2.45, 2.75) is 6.61 Å². The Morgan fingerprint density at radius 1 is 0.962 bits per heavy atom. The van der Waals surface area contributed by atoms with Gasteiger partial charge in [-0.2, -0.15) is 5.10 Å². The molecule has 0 spiro atoms. The lowest BCUT2D eigenvalue weighted by Gasteiger charge is -2.15. The van der Waals surface area contributed by atoms with E-state index < -0.39 is 11.8 Å². The fourth-order valence-corrected chi connectivity index (χ4v) is 2.99. The first-order valence-corrected chi connectivity index (χ1v) is 7.99. The highest BCUT2D eigenvalue weighted by atomic mass is 16.5. The Kier molecular flexibility index (Phi) is 3.85. The Bertz CT molecular complexity index is 1130. The predicted molar refractivity (Wildman–Crippen MR) is 95.4 cm³/mol. The van der Waals surface area contributed by atoms with Gasteiger partial charge in [0.1, 0.15) is 6.61 Å². The number of hydrogen-bond donors (Lipinski definition) is 1. The van der Waals surface area contributed by atoms with Crippen molar-refractivity contribution >= 4 is 28.0 Å². The maximum absolute atomic E-state index is 12.4. The lowest BCUT2D eigenvalue weighted by molar-refractivity contribution is -0.131. The number of aliphatic carboxylic acids is 1. The van der Waals surface area contributed by atoms with E-state index in [0.717, 1.165) is 10.9 Å². The Hall–Kier alpha value is -3.67. The molecule has 2 heterocycles. The first kappa shape index (κ1) is 15.8. The molecule has 4 rings (SSSR count). The second kappa shape index (κ2) is 6.33. The van der Waals surface area contributed by atoms with Crippen LogP contribution in [0.4, 0.5) is 0 Å². The summed E-state index contributed by atoms with van der Waals surface area (Å²) >= 11 is 0. The Balaban J connectivity index is 1.96. The summed E-state index contributed by atoms with van der Waals surface area (Å²) < 4.78 is 7.27. The number of ether oxygens (including phenoxy) is 1. The van der Waals surface area contributed by atoms with Crippen molar-refractivity contribution in [3.63, 3.8) is 0 Å². The maximum atomic E-state index is 12.4. The molecule has 0 radical (unpaired) electrons. The molecular formula is C20H14N2O4. The number of carbonyl (C=O) groups excluding carboxylic acids is 1. The van der Waals surface area contributed by atoms with Crippen LogP contribution in [0.15, 0.2) is 66.9 Å². The van der Waals surface area contributed by atoms with Gasteiger partial charge in [0.15, 0.2) is 11.4 Å². The van der Waals surface area contributed by atoms with Crippen LogP contribution in [0.1, 0.15) is 16.1 Å². The minimum Gasteiger partial charge on any atom is -0.486 e. The van der Waals surface area contributed by atoms with Crippen molar-refractivity contribution < 1.29 is 19.4 Å². The SMILES string of the molecule is O=C(O)C(=O)c1c(OCc2ccccc2)c2ccccc2c2ccnn12. The highest BCUT2D eigenvalue weighted by Gasteiger charge is 2.26. The third-order valence-electron chi connectivity index (χ3n) is 4.15. The van der Waals surface area contributed by atoms with Crippen molar-refractivity contribution in [2.75, 3.05) is 0 Å². The van der Waals surface area contributed by atoms with Crippen molar-refractivity contribution in [2.24, 2.45) is 0 Å². The van der Waals surface area contributed by atoms with Crippen molar-refractivity contribution in [3.05, 3.63) is 78.1 Å². The van der Waals surface area contributed by atoms with Crippen molar-refractivity contribution in [1.82, 2.24) is 9.61 Å². The number of carbonyl (C=O) groups is 2. The van der Waals surface area contributed by atoms with Gasteiger partial charge in [-0.05, 0) is 11.6 Å². The number of nitrogens with zero attached hydrogens (tertiary/aromatic N) is 2. The van der Waals surface area contributed by atoms with Crippen LogP contribution >= 0.6 is 0 Å². The van der Waals surface area contributed by atoms with E-state index in [-0.39, 0.29) is 18.1 Å². The van der Waals surface area contributed by atoms with Gasteiger partial charge in [0, 0.05) is 10.8 Å². The van der Waals surface area contributed by atoms with Gasteiger partial charge in [-0.3, -0.25) is 4.79 Å². The van der Waals surface area contributed by atoms with Crippen LogP contribution in [0, 0.1) is 0 Å². The summed E-state index contributed by atoms with van der Waals surface area (Å²) in [4.78, 5) is 23.8. The summed E-state index contributed by atoms with van der Waals surface area (Å²) in [6.07, 6.45) is 1.53. The van der Waals surface area contributed by atoms with Crippen molar-refractivity contribution in [1.29, 1.82) is 0 Å².